The van der Waals surface area contributed by atoms with Gasteiger partial charge in [0.2, 0.25) is 5.91 Å². The Balaban J connectivity index is 1.62. The number of rotatable bonds is 8. The highest BCUT2D eigenvalue weighted by molar-refractivity contribution is 7.99. The van der Waals surface area contributed by atoms with Gasteiger partial charge in [-0.2, -0.15) is 0 Å². The molecule has 0 unspecified atom stereocenters. The first-order valence-corrected chi connectivity index (χ1v) is 9.47. The number of hydrogen-bond acceptors (Lipinski definition) is 5. The molecule has 1 amide bonds. The summed E-state index contributed by atoms with van der Waals surface area (Å²) in [5, 5.41) is 14.2. The number of amides is 1. The molecule has 2 aromatic carbocycles. The summed E-state index contributed by atoms with van der Waals surface area (Å²) in [5.41, 5.74) is 0.825. The van der Waals surface area contributed by atoms with Crippen LogP contribution >= 0.6 is 11.8 Å². The molecule has 1 aromatic heterocycles. The molecule has 1 N–H and O–H groups in total. The zero-order valence-electron chi connectivity index (χ0n) is 14.9. The Morgan fingerprint density at radius 3 is 2.85 bits per heavy atom. The predicted octanol–water partition coefficient (Wildman–Crippen LogP) is 3.51. The van der Waals surface area contributed by atoms with Crippen LogP contribution in [0.25, 0.3) is 10.8 Å². The maximum absolute atomic E-state index is 12.4. The van der Waals surface area contributed by atoms with Crippen LogP contribution in [0.4, 0.5) is 5.69 Å². The highest BCUT2D eigenvalue weighted by Gasteiger charge is 2.12. The van der Waals surface area contributed by atoms with Gasteiger partial charge in [0.15, 0.2) is 5.16 Å². The standard InChI is InChI=1S/C19H22N4O2S/c1-14-21-22-19(23(14)11-6-12-25-2)26-13-18(24)20-17-10-5-8-15-7-3-4-9-16(15)17/h3-5,7-10H,6,11-13H2,1-2H3,(H,20,24). The maximum Gasteiger partial charge on any atom is 0.234 e. The van der Waals surface area contributed by atoms with Gasteiger partial charge in [-0.05, 0) is 24.8 Å². The summed E-state index contributed by atoms with van der Waals surface area (Å²) in [4.78, 5) is 12.4. The minimum absolute atomic E-state index is 0.0598. The molecule has 3 rings (SSSR count). The summed E-state index contributed by atoms with van der Waals surface area (Å²) < 4.78 is 7.12. The van der Waals surface area contributed by atoms with Gasteiger partial charge in [-0.25, -0.2) is 0 Å². The monoisotopic (exact) mass is 370 g/mol. The highest BCUT2D eigenvalue weighted by Crippen LogP contribution is 2.24. The van der Waals surface area contributed by atoms with E-state index in [9.17, 15) is 4.79 Å². The Morgan fingerprint density at radius 2 is 2.00 bits per heavy atom. The fraction of sp³-hybridized carbons (Fsp3) is 0.316. The lowest BCUT2D eigenvalue weighted by Gasteiger charge is -2.10. The molecule has 0 aliphatic carbocycles. The van der Waals surface area contributed by atoms with Gasteiger partial charge >= 0.3 is 0 Å². The summed E-state index contributed by atoms with van der Waals surface area (Å²) >= 11 is 1.40. The lowest BCUT2D eigenvalue weighted by molar-refractivity contribution is -0.113. The van der Waals surface area contributed by atoms with Gasteiger partial charge in [0.1, 0.15) is 5.82 Å². The van der Waals surface area contributed by atoms with Crippen LogP contribution in [0.15, 0.2) is 47.6 Å². The van der Waals surface area contributed by atoms with E-state index in [1.165, 1.54) is 11.8 Å². The Hall–Kier alpha value is -2.38. The number of benzene rings is 2. The molecule has 0 bridgehead atoms. The van der Waals surface area contributed by atoms with E-state index in [1.807, 2.05) is 54.0 Å². The molecule has 0 atom stereocenters. The van der Waals surface area contributed by atoms with Crippen molar-refractivity contribution >= 4 is 34.1 Å². The molecule has 0 spiro atoms. The molecule has 0 saturated heterocycles. The third-order valence-electron chi connectivity index (χ3n) is 4.03. The molecule has 0 radical (unpaired) electrons. The molecule has 3 aromatic rings. The molecular formula is C19H22N4O2S. The predicted molar refractivity (Wildman–Crippen MR) is 105 cm³/mol. The van der Waals surface area contributed by atoms with Crippen LogP contribution in [0.3, 0.4) is 0 Å². The van der Waals surface area contributed by atoms with Crippen molar-refractivity contribution in [3.8, 4) is 0 Å². The molecule has 7 heteroatoms. The van der Waals surface area contributed by atoms with Crippen molar-refractivity contribution in [2.75, 3.05) is 24.8 Å². The molecule has 136 valence electrons. The van der Waals surface area contributed by atoms with Crippen molar-refractivity contribution in [2.24, 2.45) is 0 Å². The smallest absolute Gasteiger partial charge is 0.234 e. The number of aryl methyl sites for hydroxylation is 1. The first-order chi connectivity index (χ1) is 12.7. The fourth-order valence-electron chi connectivity index (χ4n) is 2.74. The van der Waals surface area contributed by atoms with Gasteiger partial charge in [0, 0.05) is 31.3 Å². The molecule has 1 heterocycles. The molecule has 26 heavy (non-hydrogen) atoms. The molecular weight excluding hydrogens is 348 g/mol. The molecule has 0 saturated carbocycles. The zero-order valence-corrected chi connectivity index (χ0v) is 15.8. The highest BCUT2D eigenvalue weighted by atomic mass is 32.2. The van der Waals surface area contributed by atoms with Crippen LogP contribution < -0.4 is 5.32 Å². The minimum atomic E-state index is -0.0598. The number of fused-ring (bicyclic) bond motifs is 1. The average Bonchev–Trinajstić information content (AvgIpc) is 3.00. The summed E-state index contributed by atoms with van der Waals surface area (Å²) in [6, 6.07) is 13.9. The van der Waals surface area contributed by atoms with E-state index in [0.29, 0.717) is 6.61 Å². The number of hydrogen-bond donors (Lipinski definition) is 1. The van der Waals surface area contributed by atoms with Crippen LogP contribution in [0, 0.1) is 6.92 Å². The third kappa shape index (κ3) is 4.42. The van der Waals surface area contributed by atoms with Crippen LogP contribution in [-0.2, 0) is 16.1 Å². The van der Waals surface area contributed by atoms with Crippen molar-refractivity contribution in [1.29, 1.82) is 0 Å². The number of nitrogens with one attached hydrogen (secondary N) is 1. The zero-order chi connectivity index (χ0) is 18.4. The van der Waals surface area contributed by atoms with Crippen LogP contribution in [0.1, 0.15) is 12.2 Å². The summed E-state index contributed by atoms with van der Waals surface area (Å²) in [7, 11) is 1.69. The van der Waals surface area contributed by atoms with E-state index in [4.69, 9.17) is 4.74 Å². The Bertz CT molecular complexity index is 889. The fourth-order valence-corrected chi connectivity index (χ4v) is 3.55. The van der Waals surface area contributed by atoms with Crippen LogP contribution in [0.2, 0.25) is 0 Å². The number of carbonyl (C=O) groups is 1. The van der Waals surface area contributed by atoms with Gasteiger partial charge < -0.3 is 14.6 Å². The molecule has 6 nitrogen and oxygen atoms in total. The SMILES string of the molecule is COCCCn1c(C)nnc1SCC(=O)Nc1cccc2ccccc12. The summed E-state index contributed by atoms with van der Waals surface area (Å²) in [6.45, 7) is 3.38. The van der Waals surface area contributed by atoms with Crippen LogP contribution in [-0.4, -0.2) is 40.1 Å². The van der Waals surface area contributed by atoms with Gasteiger partial charge in [0.05, 0.1) is 5.75 Å². The lowest BCUT2D eigenvalue weighted by Crippen LogP contribution is -2.15. The van der Waals surface area contributed by atoms with Gasteiger partial charge in [-0.15, -0.1) is 10.2 Å². The Morgan fingerprint density at radius 1 is 1.19 bits per heavy atom. The van der Waals surface area contributed by atoms with Gasteiger partial charge in [-0.1, -0.05) is 48.2 Å². The largest absolute Gasteiger partial charge is 0.385 e. The number of nitrogens with zero attached hydrogens (tertiary/aromatic N) is 3. The van der Waals surface area contributed by atoms with E-state index in [2.05, 4.69) is 15.5 Å². The number of ether oxygens (including phenoxy) is 1. The average molecular weight is 370 g/mol. The van der Waals surface area contributed by atoms with E-state index >= 15 is 0 Å². The van der Waals surface area contributed by atoms with E-state index in [1.54, 1.807) is 7.11 Å². The quantitative estimate of drug-likeness (QED) is 0.485. The number of carbonyl (C=O) groups excluding carboxylic acids is 1. The summed E-state index contributed by atoms with van der Waals surface area (Å²) in [6.07, 6.45) is 0.880. The molecule has 0 fully saturated rings. The second-order valence-corrected chi connectivity index (χ2v) is 6.83. The van der Waals surface area contributed by atoms with E-state index in [-0.39, 0.29) is 11.7 Å². The number of anilines is 1. The summed E-state index contributed by atoms with van der Waals surface area (Å²) in [5.74, 6) is 1.07. The van der Waals surface area contributed by atoms with Crippen molar-refractivity contribution in [1.82, 2.24) is 14.8 Å². The van der Waals surface area contributed by atoms with Crippen molar-refractivity contribution in [3.05, 3.63) is 48.3 Å². The third-order valence-corrected chi connectivity index (χ3v) is 4.99. The van der Waals surface area contributed by atoms with Crippen molar-refractivity contribution < 1.29 is 9.53 Å². The normalized spacial score (nSPS) is 11.0. The Kier molecular flexibility index (Phi) is 6.25. The minimum Gasteiger partial charge on any atom is -0.385 e. The first kappa shape index (κ1) is 18.4. The van der Waals surface area contributed by atoms with Gasteiger partial charge in [-0.3, -0.25) is 4.79 Å². The Labute approximate surface area is 156 Å². The first-order valence-electron chi connectivity index (χ1n) is 8.48. The number of methoxy groups -OCH3 is 1. The van der Waals surface area contributed by atoms with Gasteiger partial charge in [0.25, 0.3) is 0 Å². The second-order valence-electron chi connectivity index (χ2n) is 5.89. The maximum atomic E-state index is 12.4. The number of thioether (sulfide) groups is 1. The van der Waals surface area contributed by atoms with E-state index in [0.717, 1.165) is 40.4 Å². The second kappa shape index (κ2) is 8.82. The molecule has 0 aliphatic rings. The van der Waals surface area contributed by atoms with Crippen LogP contribution in [0.5, 0.6) is 0 Å². The van der Waals surface area contributed by atoms with Crippen molar-refractivity contribution in [2.45, 2.75) is 25.0 Å². The number of aromatic nitrogens is 3. The van der Waals surface area contributed by atoms with E-state index < -0.39 is 0 Å². The van der Waals surface area contributed by atoms with Crippen molar-refractivity contribution in [3.63, 3.8) is 0 Å². The molecule has 0 aliphatic heterocycles. The lowest BCUT2D eigenvalue weighted by atomic mass is 10.1. The topological polar surface area (TPSA) is 69.0 Å².